The van der Waals surface area contributed by atoms with Gasteiger partial charge in [0.05, 0.1) is 6.61 Å². The fourth-order valence-electron chi connectivity index (χ4n) is 3.37. The van der Waals surface area contributed by atoms with Crippen molar-refractivity contribution >= 4 is 11.6 Å². The van der Waals surface area contributed by atoms with Gasteiger partial charge < -0.3 is 10.1 Å². The largest absolute Gasteiger partial charge is 0.493 e. The van der Waals surface area contributed by atoms with Crippen molar-refractivity contribution < 1.29 is 4.74 Å². The maximum absolute atomic E-state index is 6.23. The van der Waals surface area contributed by atoms with Gasteiger partial charge in [0.15, 0.2) is 0 Å². The van der Waals surface area contributed by atoms with Gasteiger partial charge in [-0.25, -0.2) is 0 Å². The number of halogens is 1. The topological polar surface area (TPSA) is 21.3 Å². The average Bonchev–Trinajstić information content (AvgIpc) is 2.76. The lowest BCUT2D eigenvalue weighted by molar-refractivity contribution is 0.349. The molecule has 2 unspecified atom stereocenters. The van der Waals surface area contributed by atoms with E-state index in [1.165, 1.54) is 17.5 Å². The van der Waals surface area contributed by atoms with E-state index in [1.807, 2.05) is 6.07 Å². The van der Waals surface area contributed by atoms with Crippen LogP contribution >= 0.6 is 11.6 Å². The maximum atomic E-state index is 6.23. The van der Waals surface area contributed by atoms with Crippen LogP contribution in [-0.4, -0.2) is 19.7 Å². The number of benzene rings is 1. The van der Waals surface area contributed by atoms with Crippen LogP contribution < -0.4 is 10.1 Å². The minimum Gasteiger partial charge on any atom is -0.493 e. The Balaban J connectivity index is 1.83. The van der Waals surface area contributed by atoms with E-state index in [1.54, 1.807) is 0 Å². The van der Waals surface area contributed by atoms with E-state index >= 15 is 0 Å². The molecule has 2 nitrogen and oxygen atoms in total. The Hall–Kier alpha value is -0.730. The molecule has 3 heteroatoms. The molecule has 0 aromatic heterocycles. The molecule has 2 atom stereocenters. The summed E-state index contributed by atoms with van der Waals surface area (Å²) >= 11 is 6.23. The summed E-state index contributed by atoms with van der Waals surface area (Å²) in [5, 5.41) is 4.32. The van der Waals surface area contributed by atoms with Crippen LogP contribution in [0.25, 0.3) is 0 Å². The van der Waals surface area contributed by atoms with Crippen LogP contribution in [0.2, 0.25) is 5.02 Å². The summed E-state index contributed by atoms with van der Waals surface area (Å²) < 4.78 is 5.80. The molecule has 2 aliphatic rings. The molecule has 1 saturated carbocycles. The molecule has 1 aromatic carbocycles. The van der Waals surface area contributed by atoms with E-state index in [0.29, 0.717) is 11.5 Å². The first-order chi connectivity index (χ1) is 9.01. The molecule has 0 radical (unpaired) electrons. The van der Waals surface area contributed by atoms with Crippen LogP contribution in [0.3, 0.4) is 0 Å². The molecule has 1 heterocycles. The van der Waals surface area contributed by atoms with Crippen LogP contribution in [0.4, 0.5) is 0 Å². The summed E-state index contributed by atoms with van der Waals surface area (Å²) in [6, 6.07) is 4.63. The Morgan fingerprint density at radius 2 is 2.21 bits per heavy atom. The second kappa shape index (κ2) is 4.68. The Labute approximate surface area is 120 Å². The predicted molar refractivity (Wildman–Crippen MR) is 79.1 cm³/mol. The predicted octanol–water partition coefficient (Wildman–Crippen LogP) is 3.45. The summed E-state index contributed by atoms with van der Waals surface area (Å²) in [7, 11) is 2.06. The van der Waals surface area contributed by atoms with Gasteiger partial charge in [-0.3, -0.25) is 0 Å². The Kier molecular flexibility index (Phi) is 3.26. The van der Waals surface area contributed by atoms with Gasteiger partial charge in [0.25, 0.3) is 0 Å². The van der Waals surface area contributed by atoms with Crippen molar-refractivity contribution in [2.75, 3.05) is 13.7 Å². The van der Waals surface area contributed by atoms with E-state index in [9.17, 15) is 0 Å². The van der Waals surface area contributed by atoms with Crippen LogP contribution in [0, 0.1) is 11.3 Å². The third kappa shape index (κ3) is 2.48. The van der Waals surface area contributed by atoms with Gasteiger partial charge in [-0.15, -0.1) is 0 Å². The molecule has 1 aliphatic heterocycles. The lowest BCUT2D eigenvalue weighted by Crippen LogP contribution is -2.31. The molecule has 1 aromatic rings. The maximum Gasteiger partial charge on any atom is 0.125 e. The van der Waals surface area contributed by atoms with E-state index in [0.717, 1.165) is 36.1 Å². The second-order valence-corrected chi connectivity index (χ2v) is 6.99. The lowest BCUT2D eigenvalue weighted by atomic mass is 9.95. The third-order valence-electron chi connectivity index (χ3n) is 4.71. The molecule has 0 bridgehead atoms. The van der Waals surface area contributed by atoms with Gasteiger partial charge in [0.2, 0.25) is 0 Å². The molecule has 1 N–H and O–H groups in total. The molecule has 1 fully saturated rings. The fourth-order valence-corrected chi connectivity index (χ4v) is 3.64. The summed E-state index contributed by atoms with van der Waals surface area (Å²) in [4.78, 5) is 0. The number of likely N-dealkylation sites (N-methyl/N-ethyl adjacent to an activating group) is 1. The van der Waals surface area contributed by atoms with Gasteiger partial charge in [0.1, 0.15) is 5.75 Å². The molecule has 19 heavy (non-hydrogen) atoms. The summed E-state index contributed by atoms with van der Waals surface area (Å²) in [6.07, 6.45) is 3.30. The number of hydrogen-bond donors (Lipinski definition) is 1. The quantitative estimate of drug-likeness (QED) is 0.911. The number of hydrogen-bond acceptors (Lipinski definition) is 2. The monoisotopic (exact) mass is 279 g/mol. The van der Waals surface area contributed by atoms with Crippen molar-refractivity contribution in [1.29, 1.82) is 0 Å². The average molecular weight is 280 g/mol. The SMILES string of the molecule is CNC(Cc1cc(Cl)cc2c1OCC2)C1CC1(C)C. The van der Waals surface area contributed by atoms with Crippen molar-refractivity contribution in [1.82, 2.24) is 5.32 Å². The smallest absolute Gasteiger partial charge is 0.125 e. The lowest BCUT2D eigenvalue weighted by Gasteiger charge is -2.19. The minimum atomic E-state index is 0.482. The van der Waals surface area contributed by atoms with E-state index in [2.05, 4.69) is 32.3 Å². The summed E-state index contributed by atoms with van der Waals surface area (Å²) in [5.74, 6) is 1.84. The van der Waals surface area contributed by atoms with E-state index in [4.69, 9.17) is 16.3 Å². The van der Waals surface area contributed by atoms with Crippen LogP contribution in [0.5, 0.6) is 5.75 Å². The van der Waals surface area contributed by atoms with Gasteiger partial charge in [-0.1, -0.05) is 25.4 Å². The number of ether oxygens (including phenoxy) is 1. The molecule has 0 saturated heterocycles. The highest BCUT2D eigenvalue weighted by Crippen LogP contribution is 2.54. The van der Waals surface area contributed by atoms with E-state index in [-0.39, 0.29) is 0 Å². The summed E-state index contributed by atoms with van der Waals surface area (Å²) in [6.45, 7) is 5.49. The highest BCUT2D eigenvalue weighted by Gasteiger charge is 2.49. The first-order valence-corrected chi connectivity index (χ1v) is 7.50. The fraction of sp³-hybridized carbons (Fsp3) is 0.625. The first kappa shape index (κ1) is 13.3. The van der Waals surface area contributed by atoms with Gasteiger partial charge in [0, 0.05) is 17.5 Å². The normalized spacial score (nSPS) is 24.7. The van der Waals surface area contributed by atoms with Gasteiger partial charge >= 0.3 is 0 Å². The molecule has 1 aliphatic carbocycles. The zero-order chi connectivity index (χ0) is 13.6. The Morgan fingerprint density at radius 3 is 2.84 bits per heavy atom. The standard InChI is InChI=1S/C16H22ClNO/c1-16(2)9-13(16)14(18-3)8-11-7-12(17)6-10-4-5-19-15(10)11/h6-7,13-14,18H,4-5,8-9H2,1-3H3. The van der Waals surface area contributed by atoms with Crippen molar-refractivity contribution in [3.8, 4) is 5.75 Å². The molecule has 0 spiro atoms. The van der Waals surface area contributed by atoms with Crippen LogP contribution in [0.15, 0.2) is 12.1 Å². The van der Waals surface area contributed by atoms with Gasteiger partial charge in [-0.05, 0) is 54.5 Å². The number of fused-ring (bicyclic) bond motifs is 1. The van der Waals surface area contributed by atoms with Crippen molar-refractivity contribution in [3.63, 3.8) is 0 Å². The first-order valence-electron chi connectivity index (χ1n) is 7.12. The number of rotatable bonds is 4. The van der Waals surface area contributed by atoms with Crippen molar-refractivity contribution in [2.24, 2.45) is 11.3 Å². The van der Waals surface area contributed by atoms with Crippen molar-refractivity contribution in [3.05, 3.63) is 28.3 Å². The minimum absolute atomic E-state index is 0.482. The summed E-state index contributed by atoms with van der Waals surface area (Å²) in [5.41, 5.74) is 3.02. The van der Waals surface area contributed by atoms with Gasteiger partial charge in [-0.2, -0.15) is 0 Å². The zero-order valence-corrected chi connectivity index (χ0v) is 12.7. The van der Waals surface area contributed by atoms with Crippen LogP contribution in [-0.2, 0) is 12.8 Å². The second-order valence-electron chi connectivity index (χ2n) is 6.55. The third-order valence-corrected chi connectivity index (χ3v) is 4.93. The van der Waals surface area contributed by atoms with Crippen LogP contribution in [0.1, 0.15) is 31.4 Å². The highest BCUT2D eigenvalue weighted by molar-refractivity contribution is 6.30. The molecule has 0 amide bonds. The molecule has 3 rings (SSSR count). The van der Waals surface area contributed by atoms with E-state index < -0.39 is 0 Å². The zero-order valence-electron chi connectivity index (χ0n) is 11.9. The Bertz CT molecular complexity index is 498. The highest BCUT2D eigenvalue weighted by atomic mass is 35.5. The Morgan fingerprint density at radius 1 is 1.47 bits per heavy atom. The number of nitrogens with one attached hydrogen (secondary N) is 1. The molecule has 104 valence electrons. The van der Waals surface area contributed by atoms with Crippen molar-refractivity contribution in [2.45, 2.75) is 39.2 Å². The molecular weight excluding hydrogens is 258 g/mol. The molecular formula is C16H22ClNO.